The summed E-state index contributed by atoms with van der Waals surface area (Å²) in [5, 5.41) is 0. The average Bonchev–Trinajstić information content (AvgIpc) is 2.15. The molecule has 0 spiro atoms. The first-order valence-electron chi connectivity index (χ1n) is 5.58. The maximum Gasteiger partial charge on any atom is 0.416 e. The first-order valence-corrected chi connectivity index (χ1v) is 5.58. The number of alkyl halides is 3. The summed E-state index contributed by atoms with van der Waals surface area (Å²) in [6.07, 6.45) is -3.85. The second kappa shape index (κ2) is 4.69. The van der Waals surface area contributed by atoms with Crippen LogP contribution in [-0.2, 0) is 12.6 Å². The SMILES string of the molecule is CC(C)C(C)(N)Cc1cccc(C(F)(F)F)c1. The molecule has 0 bridgehead atoms. The van der Waals surface area contributed by atoms with Gasteiger partial charge in [-0.25, -0.2) is 0 Å². The number of rotatable bonds is 3. The number of halogens is 3. The molecule has 0 aliphatic rings. The van der Waals surface area contributed by atoms with E-state index in [1.807, 2.05) is 20.8 Å². The first kappa shape index (κ1) is 14.0. The highest BCUT2D eigenvalue weighted by Gasteiger charge is 2.31. The summed E-state index contributed by atoms with van der Waals surface area (Å²) in [6.45, 7) is 5.79. The van der Waals surface area contributed by atoms with Gasteiger partial charge in [0.2, 0.25) is 0 Å². The van der Waals surface area contributed by atoms with Gasteiger partial charge in [-0.1, -0.05) is 32.0 Å². The van der Waals surface area contributed by atoms with E-state index < -0.39 is 17.3 Å². The van der Waals surface area contributed by atoms with Crippen molar-refractivity contribution in [1.29, 1.82) is 0 Å². The quantitative estimate of drug-likeness (QED) is 0.864. The molecule has 0 aliphatic heterocycles. The first-order chi connectivity index (χ1) is 7.63. The van der Waals surface area contributed by atoms with Gasteiger partial charge < -0.3 is 5.73 Å². The molecule has 1 rings (SSSR count). The van der Waals surface area contributed by atoms with Crippen LogP contribution in [0, 0.1) is 5.92 Å². The number of benzene rings is 1. The maximum atomic E-state index is 12.5. The monoisotopic (exact) mass is 245 g/mol. The molecule has 4 heteroatoms. The summed E-state index contributed by atoms with van der Waals surface area (Å²) in [6, 6.07) is 5.36. The van der Waals surface area contributed by atoms with E-state index in [-0.39, 0.29) is 5.92 Å². The van der Waals surface area contributed by atoms with Crippen molar-refractivity contribution in [3.8, 4) is 0 Å². The Morgan fingerprint density at radius 2 is 1.82 bits per heavy atom. The lowest BCUT2D eigenvalue weighted by Gasteiger charge is -2.29. The van der Waals surface area contributed by atoms with E-state index in [0.717, 1.165) is 6.07 Å². The van der Waals surface area contributed by atoms with Gasteiger partial charge in [0.15, 0.2) is 0 Å². The molecule has 0 radical (unpaired) electrons. The molecule has 1 atom stereocenters. The van der Waals surface area contributed by atoms with E-state index in [2.05, 4.69) is 0 Å². The van der Waals surface area contributed by atoms with Crippen molar-refractivity contribution in [2.75, 3.05) is 0 Å². The van der Waals surface area contributed by atoms with Crippen molar-refractivity contribution in [1.82, 2.24) is 0 Å². The van der Waals surface area contributed by atoms with Crippen LogP contribution in [0.3, 0.4) is 0 Å². The lowest BCUT2D eigenvalue weighted by molar-refractivity contribution is -0.137. The molecule has 2 N–H and O–H groups in total. The van der Waals surface area contributed by atoms with Gasteiger partial charge in [0.25, 0.3) is 0 Å². The van der Waals surface area contributed by atoms with Gasteiger partial charge in [0.05, 0.1) is 5.56 Å². The van der Waals surface area contributed by atoms with Crippen LogP contribution in [0.2, 0.25) is 0 Å². The van der Waals surface area contributed by atoms with Crippen LogP contribution in [-0.4, -0.2) is 5.54 Å². The molecule has 1 nitrogen and oxygen atoms in total. The number of hydrogen-bond acceptors (Lipinski definition) is 1. The zero-order chi connectivity index (χ0) is 13.3. The van der Waals surface area contributed by atoms with Gasteiger partial charge in [-0.3, -0.25) is 0 Å². The van der Waals surface area contributed by atoms with E-state index in [1.165, 1.54) is 12.1 Å². The van der Waals surface area contributed by atoms with E-state index in [4.69, 9.17) is 5.73 Å². The standard InChI is InChI=1S/C13H18F3N/c1-9(2)12(3,17)8-10-5-4-6-11(7-10)13(14,15)16/h4-7,9H,8,17H2,1-3H3. The van der Waals surface area contributed by atoms with Gasteiger partial charge in [-0.15, -0.1) is 0 Å². The summed E-state index contributed by atoms with van der Waals surface area (Å²) >= 11 is 0. The molecular weight excluding hydrogens is 227 g/mol. The van der Waals surface area contributed by atoms with E-state index >= 15 is 0 Å². The third-order valence-electron chi connectivity index (χ3n) is 3.16. The van der Waals surface area contributed by atoms with Crippen molar-refractivity contribution in [3.63, 3.8) is 0 Å². The molecule has 0 saturated heterocycles. The van der Waals surface area contributed by atoms with Crippen LogP contribution in [0.1, 0.15) is 31.9 Å². The van der Waals surface area contributed by atoms with Crippen molar-refractivity contribution >= 4 is 0 Å². The van der Waals surface area contributed by atoms with E-state index in [0.29, 0.717) is 12.0 Å². The minimum Gasteiger partial charge on any atom is -0.325 e. The number of hydrogen-bond donors (Lipinski definition) is 1. The molecule has 1 unspecified atom stereocenters. The predicted molar refractivity (Wildman–Crippen MR) is 62.6 cm³/mol. The summed E-state index contributed by atoms with van der Waals surface area (Å²) in [7, 11) is 0. The largest absolute Gasteiger partial charge is 0.416 e. The topological polar surface area (TPSA) is 26.0 Å². The van der Waals surface area contributed by atoms with Crippen molar-refractivity contribution in [3.05, 3.63) is 35.4 Å². The molecule has 0 aliphatic carbocycles. The maximum absolute atomic E-state index is 12.5. The average molecular weight is 245 g/mol. The van der Waals surface area contributed by atoms with E-state index in [1.54, 1.807) is 6.07 Å². The highest BCUT2D eigenvalue weighted by molar-refractivity contribution is 5.27. The van der Waals surface area contributed by atoms with Crippen LogP contribution in [0.25, 0.3) is 0 Å². The molecule has 0 amide bonds. The third-order valence-corrected chi connectivity index (χ3v) is 3.16. The highest BCUT2D eigenvalue weighted by atomic mass is 19.4. The molecule has 0 aromatic heterocycles. The molecule has 96 valence electrons. The van der Waals surface area contributed by atoms with Crippen molar-refractivity contribution in [2.24, 2.45) is 11.7 Å². The normalized spacial score (nSPS) is 16.0. The van der Waals surface area contributed by atoms with Crippen LogP contribution >= 0.6 is 0 Å². The Morgan fingerprint density at radius 3 is 2.29 bits per heavy atom. The third kappa shape index (κ3) is 3.73. The highest BCUT2D eigenvalue weighted by Crippen LogP contribution is 2.30. The Morgan fingerprint density at radius 1 is 1.24 bits per heavy atom. The summed E-state index contributed by atoms with van der Waals surface area (Å²) in [5.74, 6) is 0.206. The van der Waals surface area contributed by atoms with Crippen LogP contribution < -0.4 is 5.73 Å². The summed E-state index contributed by atoms with van der Waals surface area (Å²) in [5.41, 5.74) is 5.58. The van der Waals surface area contributed by atoms with Crippen LogP contribution in [0.4, 0.5) is 13.2 Å². The lowest BCUT2D eigenvalue weighted by Crippen LogP contribution is -2.43. The molecule has 1 aromatic rings. The van der Waals surface area contributed by atoms with Gasteiger partial charge >= 0.3 is 6.18 Å². The molecule has 1 aromatic carbocycles. The molecule has 0 saturated carbocycles. The smallest absolute Gasteiger partial charge is 0.325 e. The molecule has 0 fully saturated rings. The molecule has 0 heterocycles. The molecular formula is C13H18F3N. The van der Waals surface area contributed by atoms with Crippen LogP contribution in [0.15, 0.2) is 24.3 Å². The van der Waals surface area contributed by atoms with Crippen molar-refractivity contribution in [2.45, 2.75) is 38.9 Å². The Bertz CT molecular complexity index is 380. The Hall–Kier alpha value is -1.03. The second-order valence-corrected chi connectivity index (χ2v) is 5.04. The Kier molecular flexibility index (Phi) is 3.87. The summed E-state index contributed by atoms with van der Waals surface area (Å²) in [4.78, 5) is 0. The number of nitrogens with two attached hydrogens (primary N) is 1. The zero-order valence-electron chi connectivity index (χ0n) is 10.3. The molecule has 17 heavy (non-hydrogen) atoms. The van der Waals surface area contributed by atoms with Crippen molar-refractivity contribution < 1.29 is 13.2 Å². The van der Waals surface area contributed by atoms with Gasteiger partial charge in [-0.2, -0.15) is 13.2 Å². The van der Waals surface area contributed by atoms with Crippen LogP contribution in [0.5, 0.6) is 0 Å². The Labute approximate surface area is 99.8 Å². The van der Waals surface area contributed by atoms with Gasteiger partial charge in [0, 0.05) is 5.54 Å². The predicted octanol–water partition coefficient (Wildman–Crippen LogP) is 3.62. The fraction of sp³-hybridized carbons (Fsp3) is 0.538. The fourth-order valence-electron chi connectivity index (χ4n) is 1.50. The lowest BCUT2D eigenvalue weighted by atomic mass is 9.83. The summed E-state index contributed by atoms with van der Waals surface area (Å²) < 4.78 is 37.6. The van der Waals surface area contributed by atoms with E-state index in [9.17, 15) is 13.2 Å². The Balaban J connectivity index is 2.94. The fourth-order valence-corrected chi connectivity index (χ4v) is 1.50. The van der Waals surface area contributed by atoms with Gasteiger partial charge in [0.1, 0.15) is 0 Å². The minimum atomic E-state index is -4.29. The second-order valence-electron chi connectivity index (χ2n) is 5.04. The minimum absolute atomic E-state index is 0.206. The van der Waals surface area contributed by atoms with Gasteiger partial charge in [-0.05, 0) is 30.9 Å². The zero-order valence-corrected chi connectivity index (χ0v) is 10.3.